The molecule has 0 aliphatic carbocycles. The van der Waals surface area contributed by atoms with E-state index >= 15 is 0 Å². The molecular weight excluding hydrogens is 400 g/mol. The summed E-state index contributed by atoms with van der Waals surface area (Å²) >= 11 is 6.36. The van der Waals surface area contributed by atoms with E-state index in [9.17, 15) is 14.4 Å². The molecule has 5 nitrogen and oxygen atoms in total. The van der Waals surface area contributed by atoms with Crippen molar-refractivity contribution in [2.75, 3.05) is 10.2 Å². The van der Waals surface area contributed by atoms with Crippen molar-refractivity contribution in [3.8, 4) is 0 Å². The molecule has 30 heavy (non-hydrogen) atoms. The van der Waals surface area contributed by atoms with Crippen molar-refractivity contribution in [1.82, 2.24) is 0 Å². The van der Waals surface area contributed by atoms with Crippen LogP contribution < -0.4 is 10.2 Å². The monoisotopic (exact) mass is 418 g/mol. The summed E-state index contributed by atoms with van der Waals surface area (Å²) in [7, 11) is 0. The highest BCUT2D eigenvalue weighted by Gasteiger charge is 2.37. The van der Waals surface area contributed by atoms with Crippen molar-refractivity contribution in [3.63, 3.8) is 0 Å². The number of carbonyl (C=O) groups is 3. The molecule has 0 unspecified atom stereocenters. The molecule has 0 saturated carbocycles. The van der Waals surface area contributed by atoms with Gasteiger partial charge in [-0.1, -0.05) is 53.6 Å². The molecule has 1 heterocycles. The lowest BCUT2D eigenvalue weighted by Gasteiger charge is -2.16. The van der Waals surface area contributed by atoms with Gasteiger partial charge in [0.25, 0.3) is 11.8 Å². The first-order valence-electron chi connectivity index (χ1n) is 9.57. The number of aryl methyl sites for hydroxylation is 2. The van der Waals surface area contributed by atoms with Crippen molar-refractivity contribution in [3.05, 3.63) is 94.0 Å². The minimum atomic E-state index is -0.410. The minimum absolute atomic E-state index is 0.138. The maximum atomic E-state index is 12.6. The second-order valence-electron chi connectivity index (χ2n) is 7.19. The quantitative estimate of drug-likeness (QED) is 0.591. The van der Waals surface area contributed by atoms with E-state index in [1.165, 1.54) is 0 Å². The number of anilines is 2. The molecule has 1 N–H and O–H groups in total. The van der Waals surface area contributed by atoms with Crippen molar-refractivity contribution >= 4 is 40.7 Å². The van der Waals surface area contributed by atoms with E-state index in [-0.39, 0.29) is 10.9 Å². The third kappa shape index (κ3) is 3.84. The highest BCUT2D eigenvalue weighted by Crippen LogP contribution is 2.34. The first kappa shape index (κ1) is 19.9. The average Bonchev–Trinajstić information content (AvgIpc) is 2.98. The van der Waals surface area contributed by atoms with Crippen LogP contribution >= 0.6 is 11.6 Å². The minimum Gasteiger partial charge on any atom is -0.326 e. The van der Waals surface area contributed by atoms with Gasteiger partial charge in [0.15, 0.2) is 0 Å². The van der Waals surface area contributed by atoms with Gasteiger partial charge in [-0.25, -0.2) is 4.90 Å². The summed E-state index contributed by atoms with van der Waals surface area (Å²) in [6.45, 7) is 2.02. The van der Waals surface area contributed by atoms with Crippen molar-refractivity contribution in [2.24, 2.45) is 0 Å². The number of hydrogen-bond donors (Lipinski definition) is 1. The Morgan fingerprint density at radius 1 is 0.933 bits per heavy atom. The van der Waals surface area contributed by atoms with E-state index in [4.69, 9.17) is 11.6 Å². The fraction of sp³-hybridized carbons (Fsp3) is 0.125. The Morgan fingerprint density at radius 3 is 2.27 bits per heavy atom. The smallest absolute Gasteiger partial charge is 0.266 e. The predicted molar refractivity (Wildman–Crippen MR) is 117 cm³/mol. The van der Waals surface area contributed by atoms with Crippen LogP contribution in [0.4, 0.5) is 11.4 Å². The summed E-state index contributed by atoms with van der Waals surface area (Å²) in [5.41, 5.74) is 3.77. The van der Waals surface area contributed by atoms with E-state index in [1.807, 2.05) is 25.1 Å². The van der Waals surface area contributed by atoms with Gasteiger partial charge in [-0.05, 0) is 49.2 Å². The first-order valence-corrected chi connectivity index (χ1v) is 9.94. The Bertz CT molecular complexity index is 1140. The molecule has 0 atom stereocenters. The maximum absolute atomic E-state index is 12.6. The molecule has 3 amide bonds. The number of imide groups is 1. The highest BCUT2D eigenvalue weighted by atomic mass is 35.5. The third-order valence-corrected chi connectivity index (χ3v) is 5.29. The van der Waals surface area contributed by atoms with Gasteiger partial charge in [-0.15, -0.1) is 0 Å². The van der Waals surface area contributed by atoms with Gasteiger partial charge < -0.3 is 5.32 Å². The van der Waals surface area contributed by atoms with Crippen LogP contribution in [-0.4, -0.2) is 17.7 Å². The Morgan fingerprint density at radius 2 is 1.63 bits per heavy atom. The van der Waals surface area contributed by atoms with Crippen LogP contribution in [0.1, 0.15) is 38.3 Å². The summed E-state index contributed by atoms with van der Waals surface area (Å²) in [5.74, 6) is -0.957. The Balaban J connectivity index is 1.45. The number of nitrogens with zero attached hydrogens (tertiary/aromatic N) is 1. The molecule has 1 aliphatic heterocycles. The molecule has 0 saturated heterocycles. The van der Waals surface area contributed by atoms with Crippen LogP contribution in [0, 0.1) is 6.92 Å². The average molecular weight is 419 g/mol. The van der Waals surface area contributed by atoms with E-state index < -0.39 is 11.8 Å². The van der Waals surface area contributed by atoms with Gasteiger partial charge in [0, 0.05) is 12.1 Å². The molecule has 6 heteroatoms. The number of nitrogens with one attached hydrogen (secondary N) is 1. The normalized spacial score (nSPS) is 12.8. The van der Waals surface area contributed by atoms with Crippen LogP contribution in [0.2, 0.25) is 5.02 Å². The number of rotatable bonds is 5. The number of carbonyl (C=O) groups excluding carboxylic acids is 3. The maximum Gasteiger partial charge on any atom is 0.266 e. The van der Waals surface area contributed by atoms with E-state index in [2.05, 4.69) is 11.4 Å². The molecule has 0 aromatic heterocycles. The highest BCUT2D eigenvalue weighted by molar-refractivity contribution is 6.40. The zero-order valence-corrected chi connectivity index (χ0v) is 17.1. The lowest BCUT2D eigenvalue weighted by atomic mass is 10.1. The van der Waals surface area contributed by atoms with Gasteiger partial charge in [-0.3, -0.25) is 14.4 Å². The number of fused-ring (bicyclic) bond motifs is 1. The predicted octanol–water partition coefficient (Wildman–Crippen LogP) is 5.02. The Kier molecular flexibility index (Phi) is 5.38. The fourth-order valence-corrected chi connectivity index (χ4v) is 3.79. The van der Waals surface area contributed by atoms with Crippen LogP contribution in [0.25, 0.3) is 0 Å². The lowest BCUT2D eigenvalue weighted by Crippen LogP contribution is -2.29. The lowest BCUT2D eigenvalue weighted by molar-refractivity contribution is -0.116. The van der Waals surface area contributed by atoms with Crippen LogP contribution in [-0.2, 0) is 11.2 Å². The second-order valence-corrected chi connectivity index (χ2v) is 7.60. The molecule has 0 bridgehead atoms. The van der Waals surface area contributed by atoms with Crippen LogP contribution in [0.5, 0.6) is 0 Å². The SMILES string of the molecule is Cc1cccc(CCC(=O)Nc2ccc(N3C(=O)c4ccccc4C3=O)c(Cl)c2)c1. The summed E-state index contributed by atoms with van der Waals surface area (Å²) in [6.07, 6.45) is 0.968. The van der Waals surface area contributed by atoms with Gasteiger partial charge in [0.1, 0.15) is 0 Å². The molecule has 150 valence electrons. The molecule has 1 aliphatic rings. The van der Waals surface area contributed by atoms with Crippen molar-refractivity contribution in [2.45, 2.75) is 19.8 Å². The third-order valence-electron chi connectivity index (χ3n) is 4.99. The number of hydrogen-bond acceptors (Lipinski definition) is 3. The van der Waals surface area contributed by atoms with E-state index in [0.29, 0.717) is 35.3 Å². The fourth-order valence-electron chi connectivity index (χ4n) is 3.52. The zero-order valence-electron chi connectivity index (χ0n) is 16.3. The van der Waals surface area contributed by atoms with Crippen LogP contribution in [0.15, 0.2) is 66.7 Å². The molecule has 4 rings (SSSR count). The van der Waals surface area contributed by atoms with Gasteiger partial charge >= 0.3 is 0 Å². The summed E-state index contributed by atoms with van der Waals surface area (Å²) in [6, 6.07) is 19.4. The van der Waals surface area contributed by atoms with Gasteiger partial charge in [0.05, 0.1) is 21.8 Å². The number of benzene rings is 3. The summed E-state index contributed by atoms with van der Waals surface area (Å²) in [5, 5.41) is 3.02. The van der Waals surface area contributed by atoms with Gasteiger partial charge in [0.2, 0.25) is 5.91 Å². The molecule has 0 radical (unpaired) electrons. The molecule has 3 aromatic carbocycles. The van der Waals surface area contributed by atoms with E-state index in [1.54, 1.807) is 42.5 Å². The number of amides is 3. The first-order chi connectivity index (χ1) is 14.4. The summed E-state index contributed by atoms with van der Waals surface area (Å²) in [4.78, 5) is 38.7. The number of halogens is 1. The van der Waals surface area contributed by atoms with Crippen LogP contribution in [0.3, 0.4) is 0 Å². The Hall–Kier alpha value is -3.44. The Labute approximate surface area is 179 Å². The molecule has 0 fully saturated rings. The second kappa shape index (κ2) is 8.13. The zero-order chi connectivity index (χ0) is 21.3. The summed E-state index contributed by atoms with van der Waals surface area (Å²) < 4.78 is 0. The van der Waals surface area contributed by atoms with E-state index in [0.717, 1.165) is 16.0 Å². The topological polar surface area (TPSA) is 66.5 Å². The molecule has 0 spiro atoms. The van der Waals surface area contributed by atoms with Crippen molar-refractivity contribution in [1.29, 1.82) is 0 Å². The molecule has 3 aromatic rings. The van der Waals surface area contributed by atoms with Crippen molar-refractivity contribution < 1.29 is 14.4 Å². The largest absolute Gasteiger partial charge is 0.326 e. The standard InChI is InChI=1S/C24H19ClN2O3/c1-15-5-4-6-16(13-15)9-12-22(28)26-17-10-11-21(20(25)14-17)27-23(29)18-7-2-3-8-19(18)24(27)30/h2-8,10-11,13-14H,9,12H2,1H3,(H,26,28). The van der Waals surface area contributed by atoms with Gasteiger partial charge in [-0.2, -0.15) is 0 Å². The molecular formula is C24H19ClN2O3.